The van der Waals surface area contributed by atoms with E-state index in [2.05, 4.69) is 54.3 Å². The first-order valence-electron chi connectivity index (χ1n) is 6.81. The molecule has 0 spiro atoms. The first kappa shape index (κ1) is 14.5. The summed E-state index contributed by atoms with van der Waals surface area (Å²) in [4.78, 5) is 8.46. The molecule has 4 nitrogen and oxygen atoms in total. The minimum atomic E-state index is 0.0514. The zero-order chi connectivity index (χ0) is 14.5. The van der Waals surface area contributed by atoms with Gasteiger partial charge in [0.15, 0.2) is 0 Å². The Morgan fingerprint density at radius 2 is 1.80 bits per heavy atom. The molecule has 0 bridgehead atoms. The van der Waals surface area contributed by atoms with Gasteiger partial charge in [0.05, 0.1) is 18.8 Å². The highest BCUT2D eigenvalue weighted by molar-refractivity contribution is 5.35. The van der Waals surface area contributed by atoms with E-state index < -0.39 is 0 Å². The van der Waals surface area contributed by atoms with E-state index in [9.17, 15) is 0 Å². The third-order valence-electron chi connectivity index (χ3n) is 3.15. The second-order valence-electron chi connectivity index (χ2n) is 4.90. The number of nitrogens with one attached hydrogen (secondary N) is 1. The van der Waals surface area contributed by atoms with Gasteiger partial charge in [-0.1, -0.05) is 36.2 Å². The minimum Gasteiger partial charge on any atom is -0.481 e. The number of benzene rings is 1. The fourth-order valence-electron chi connectivity index (χ4n) is 2.40. The zero-order valence-electron chi connectivity index (χ0n) is 12.5. The van der Waals surface area contributed by atoms with E-state index >= 15 is 0 Å². The van der Waals surface area contributed by atoms with Gasteiger partial charge in [0, 0.05) is 6.07 Å². The van der Waals surface area contributed by atoms with Crippen LogP contribution in [0.5, 0.6) is 5.88 Å². The Morgan fingerprint density at radius 1 is 1.10 bits per heavy atom. The van der Waals surface area contributed by atoms with Crippen LogP contribution in [0.2, 0.25) is 0 Å². The van der Waals surface area contributed by atoms with Crippen molar-refractivity contribution in [3.05, 3.63) is 53.0 Å². The predicted molar refractivity (Wildman–Crippen MR) is 80.0 cm³/mol. The number of aryl methyl sites for hydroxylation is 2. The van der Waals surface area contributed by atoms with Crippen LogP contribution in [0.15, 0.2) is 30.6 Å². The molecule has 0 amide bonds. The summed E-state index contributed by atoms with van der Waals surface area (Å²) in [5, 5.41) is 3.48. The highest BCUT2D eigenvalue weighted by atomic mass is 16.5. The van der Waals surface area contributed by atoms with E-state index in [1.54, 1.807) is 13.4 Å². The lowest BCUT2D eigenvalue weighted by Crippen LogP contribution is -2.23. The number of methoxy groups -OCH3 is 1. The van der Waals surface area contributed by atoms with E-state index in [0.717, 1.165) is 12.2 Å². The number of aromatic nitrogens is 2. The third kappa shape index (κ3) is 3.33. The maximum Gasteiger partial charge on any atom is 0.216 e. The summed E-state index contributed by atoms with van der Waals surface area (Å²) in [7, 11) is 1.62. The number of ether oxygens (including phenoxy) is 1. The molecule has 0 radical (unpaired) electrons. The molecule has 0 aliphatic carbocycles. The lowest BCUT2D eigenvalue weighted by atomic mass is 9.99. The second-order valence-corrected chi connectivity index (χ2v) is 4.90. The molecule has 1 N–H and O–H groups in total. The van der Waals surface area contributed by atoms with E-state index in [0.29, 0.717) is 5.88 Å². The van der Waals surface area contributed by atoms with E-state index in [4.69, 9.17) is 4.74 Å². The maximum atomic E-state index is 5.19. The monoisotopic (exact) mass is 271 g/mol. The van der Waals surface area contributed by atoms with Crippen LogP contribution in [0.4, 0.5) is 0 Å². The summed E-state index contributed by atoms with van der Waals surface area (Å²) in [6, 6.07) is 8.48. The van der Waals surface area contributed by atoms with Crippen molar-refractivity contribution in [2.24, 2.45) is 0 Å². The van der Waals surface area contributed by atoms with Gasteiger partial charge in [-0.25, -0.2) is 9.97 Å². The normalized spacial score (nSPS) is 12.2. The Hall–Kier alpha value is -1.94. The fourth-order valence-corrected chi connectivity index (χ4v) is 2.40. The SMILES string of the molecule is CCNC(c1cc(C)cc(C)c1)c1cc(OC)ncn1. The largest absolute Gasteiger partial charge is 0.481 e. The lowest BCUT2D eigenvalue weighted by molar-refractivity contribution is 0.395. The highest BCUT2D eigenvalue weighted by Crippen LogP contribution is 2.24. The second kappa shape index (κ2) is 6.48. The van der Waals surface area contributed by atoms with Crippen LogP contribution in [-0.2, 0) is 0 Å². The zero-order valence-corrected chi connectivity index (χ0v) is 12.5. The van der Waals surface area contributed by atoms with Crippen molar-refractivity contribution in [1.29, 1.82) is 0 Å². The van der Waals surface area contributed by atoms with Crippen molar-refractivity contribution in [2.45, 2.75) is 26.8 Å². The standard InChI is InChI=1S/C16H21N3O/c1-5-17-16(13-7-11(2)6-12(3)8-13)14-9-15(20-4)19-10-18-14/h6-10,16-17H,5H2,1-4H3. The number of rotatable bonds is 5. The summed E-state index contributed by atoms with van der Waals surface area (Å²) in [5.41, 5.74) is 4.64. The van der Waals surface area contributed by atoms with Gasteiger partial charge < -0.3 is 10.1 Å². The summed E-state index contributed by atoms with van der Waals surface area (Å²) >= 11 is 0. The molecule has 1 unspecified atom stereocenters. The molecule has 0 saturated heterocycles. The molecule has 106 valence electrons. The molecular weight excluding hydrogens is 250 g/mol. The molecular formula is C16H21N3O. The Labute approximate surface area is 120 Å². The Morgan fingerprint density at radius 3 is 2.40 bits per heavy atom. The van der Waals surface area contributed by atoms with E-state index in [1.165, 1.54) is 16.7 Å². The Kier molecular flexibility index (Phi) is 4.69. The summed E-state index contributed by atoms with van der Waals surface area (Å²) in [5.74, 6) is 0.585. The van der Waals surface area contributed by atoms with Crippen LogP contribution in [0.3, 0.4) is 0 Å². The number of nitrogens with zero attached hydrogens (tertiary/aromatic N) is 2. The Bertz CT molecular complexity index is 563. The summed E-state index contributed by atoms with van der Waals surface area (Å²) in [6.45, 7) is 7.18. The quantitative estimate of drug-likeness (QED) is 0.908. The lowest BCUT2D eigenvalue weighted by Gasteiger charge is -2.19. The van der Waals surface area contributed by atoms with Gasteiger partial charge in [0.25, 0.3) is 0 Å². The van der Waals surface area contributed by atoms with Crippen LogP contribution < -0.4 is 10.1 Å². The molecule has 1 atom stereocenters. The van der Waals surface area contributed by atoms with Crippen LogP contribution in [-0.4, -0.2) is 23.6 Å². The molecule has 1 heterocycles. The van der Waals surface area contributed by atoms with Gasteiger partial charge in [-0.2, -0.15) is 0 Å². The smallest absolute Gasteiger partial charge is 0.216 e. The fraction of sp³-hybridized carbons (Fsp3) is 0.375. The Balaban J connectivity index is 2.43. The molecule has 0 fully saturated rings. The molecule has 1 aromatic heterocycles. The van der Waals surface area contributed by atoms with Crippen molar-refractivity contribution < 1.29 is 4.74 Å². The van der Waals surface area contributed by atoms with Crippen LogP contribution in [0.25, 0.3) is 0 Å². The van der Waals surface area contributed by atoms with Gasteiger partial charge in [-0.15, -0.1) is 0 Å². The van der Waals surface area contributed by atoms with Crippen molar-refractivity contribution in [3.63, 3.8) is 0 Å². The third-order valence-corrected chi connectivity index (χ3v) is 3.15. The maximum absolute atomic E-state index is 5.19. The molecule has 2 aromatic rings. The summed E-state index contributed by atoms with van der Waals surface area (Å²) < 4.78 is 5.19. The van der Waals surface area contributed by atoms with Gasteiger partial charge in [-0.05, 0) is 26.0 Å². The molecule has 0 aliphatic heterocycles. The summed E-state index contributed by atoms with van der Waals surface area (Å²) in [6.07, 6.45) is 1.54. The predicted octanol–water partition coefficient (Wildman–Crippen LogP) is 2.80. The first-order valence-corrected chi connectivity index (χ1v) is 6.81. The average Bonchev–Trinajstić information content (AvgIpc) is 2.43. The van der Waals surface area contributed by atoms with Crippen molar-refractivity contribution in [1.82, 2.24) is 15.3 Å². The number of hydrogen-bond donors (Lipinski definition) is 1. The van der Waals surface area contributed by atoms with Crippen molar-refractivity contribution in [3.8, 4) is 5.88 Å². The van der Waals surface area contributed by atoms with Crippen molar-refractivity contribution >= 4 is 0 Å². The molecule has 4 heteroatoms. The average molecular weight is 271 g/mol. The van der Waals surface area contributed by atoms with Gasteiger partial charge in [0.1, 0.15) is 6.33 Å². The van der Waals surface area contributed by atoms with Crippen LogP contribution in [0, 0.1) is 13.8 Å². The van der Waals surface area contributed by atoms with Crippen molar-refractivity contribution in [2.75, 3.05) is 13.7 Å². The number of hydrogen-bond acceptors (Lipinski definition) is 4. The van der Waals surface area contributed by atoms with Gasteiger partial charge in [0.2, 0.25) is 5.88 Å². The van der Waals surface area contributed by atoms with Gasteiger partial charge in [-0.3, -0.25) is 0 Å². The van der Waals surface area contributed by atoms with Gasteiger partial charge >= 0.3 is 0 Å². The highest BCUT2D eigenvalue weighted by Gasteiger charge is 2.16. The van der Waals surface area contributed by atoms with E-state index in [-0.39, 0.29) is 6.04 Å². The topological polar surface area (TPSA) is 47.0 Å². The minimum absolute atomic E-state index is 0.0514. The molecule has 1 aromatic carbocycles. The molecule has 20 heavy (non-hydrogen) atoms. The molecule has 0 aliphatic rings. The van der Waals surface area contributed by atoms with E-state index in [1.807, 2.05) is 6.07 Å². The first-order chi connectivity index (χ1) is 9.63. The molecule has 2 rings (SSSR count). The van der Waals surface area contributed by atoms with Crippen LogP contribution in [0.1, 0.15) is 35.3 Å². The molecule has 0 saturated carbocycles. The van der Waals surface area contributed by atoms with Crippen LogP contribution >= 0.6 is 0 Å².